The van der Waals surface area contributed by atoms with Gasteiger partial charge in [0.05, 0.1) is 6.33 Å². The van der Waals surface area contributed by atoms with Gasteiger partial charge in [0.15, 0.2) is 23.8 Å². The fourth-order valence-electron chi connectivity index (χ4n) is 2.86. The molecule has 0 saturated carbocycles. The number of nitrogens with zero attached hydrogens (tertiary/aromatic N) is 4. The van der Waals surface area contributed by atoms with Gasteiger partial charge >= 0.3 is 11.9 Å². The average Bonchev–Trinajstić information content (AvgIpc) is 3.15. The van der Waals surface area contributed by atoms with Gasteiger partial charge in [-0.3, -0.25) is 14.2 Å². The Hall–Kier alpha value is -2.79. The van der Waals surface area contributed by atoms with Crippen molar-refractivity contribution in [3.63, 3.8) is 0 Å². The lowest BCUT2D eigenvalue weighted by molar-refractivity contribution is -0.167. The van der Waals surface area contributed by atoms with E-state index in [-0.39, 0.29) is 18.8 Å². The van der Waals surface area contributed by atoms with Gasteiger partial charge in [0.1, 0.15) is 30.7 Å². The molecule has 26 heavy (non-hydrogen) atoms. The summed E-state index contributed by atoms with van der Waals surface area (Å²) >= 11 is 0. The van der Waals surface area contributed by atoms with E-state index in [1.165, 1.54) is 31.1 Å². The van der Waals surface area contributed by atoms with Crippen molar-refractivity contribution in [2.75, 3.05) is 12.3 Å². The molecule has 3 N–H and O–H groups in total. The fourth-order valence-corrected chi connectivity index (χ4v) is 2.86. The number of fused-ring (bicyclic) bond motifs is 1. The highest BCUT2D eigenvalue weighted by atomic mass is 16.6. The zero-order valence-corrected chi connectivity index (χ0v) is 14.2. The third-order valence-electron chi connectivity index (χ3n) is 3.96. The number of carbonyl (C=O) groups is 2. The summed E-state index contributed by atoms with van der Waals surface area (Å²) in [5.41, 5.74) is 6.57. The van der Waals surface area contributed by atoms with Gasteiger partial charge in [-0.15, -0.1) is 0 Å². The number of aliphatic hydroxyl groups excluding tert-OH is 1. The molecule has 0 bridgehead atoms. The van der Waals surface area contributed by atoms with Crippen LogP contribution in [0, 0.1) is 0 Å². The standard InChI is InChI=1S/C15H19N5O6/c1-7(21)24-4-11(25-8(2)22)10-3-9(23)15(26-10)20-6-19-12-13(16)17-5-18-14(12)20/h5-6,9-11,15,23H,3-4H2,1-2H3,(H2,16,17,18)/t9-,10+,11-,15-/m1/s1. The van der Waals surface area contributed by atoms with Crippen LogP contribution in [0.15, 0.2) is 12.7 Å². The largest absolute Gasteiger partial charge is 0.462 e. The van der Waals surface area contributed by atoms with Crippen molar-refractivity contribution in [1.29, 1.82) is 0 Å². The lowest BCUT2D eigenvalue weighted by Gasteiger charge is -2.23. The third kappa shape index (κ3) is 3.58. The lowest BCUT2D eigenvalue weighted by atomic mass is 10.1. The highest BCUT2D eigenvalue weighted by Gasteiger charge is 2.41. The molecule has 0 radical (unpaired) electrons. The van der Waals surface area contributed by atoms with E-state index in [0.29, 0.717) is 11.2 Å². The highest BCUT2D eigenvalue weighted by Crippen LogP contribution is 2.33. The van der Waals surface area contributed by atoms with Crippen LogP contribution >= 0.6 is 0 Å². The molecule has 1 saturated heterocycles. The van der Waals surface area contributed by atoms with E-state index < -0.39 is 36.5 Å². The first kappa shape index (κ1) is 18.0. The summed E-state index contributed by atoms with van der Waals surface area (Å²) in [6, 6.07) is 0. The molecule has 0 spiro atoms. The van der Waals surface area contributed by atoms with Crippen molar-refractivity contribution >= 4 is 28.9 Å². The van der Waals surface area contributed by atoms with Gasteiger partial charge in [-0.1, -0.05) is 0 Å². The van der Waals surface area contributed by atoms with E-state index in [1.807, 2.05) is 0 Å². The Morgan fingerprint density at radius 1 is 1.38 bits per heavy atom. The van der Waals surface area contributed by atoms with Crippen LogP contribution in [0.2, 0.25) is 0 Å². The molecule has 11 heteroatoms. The first-order valence-corrected chi connectivity index (χ1v) is 7.94. The molecular formula is C15H19N5O6. The SMILES string of the molecule is CC(=O)OC[C@@H](OC(C)=O)[C@@H]1C[C@@H](O)[C@H](n2cnc3c(N)ncnc32)O1. The molecule has 1 aliphatic rings. The maximum absolute atomic E-state index is 11.3. The van der Waals surface area contributed by atoms with Gasteiger partial charge in [-0.2, -0.15) is 0 Å². The minimum atomic E-state index is -0.913. The molecule has 0 aliphatic carbocycles. The molecule has 3 rings (SSSR count). The first-order chi connectivity index (χ1) is 12.4. The van der Waals surface area contributed by atoms with E-state index in [4.69, 9.17) is 19.9 Å². The molecule has 2 aromatic heterocycles. The van der Waals surface area contributed by atoms with Crippen LogP contribution < -0.4 is 5.73 Å². The smallest absolute Gasteiger partial charge is 0.303 e. The number of hydrogen-bond donors (Lipinski definition) is 2. The molecule has 2 aromatic rings. The van der Waals surface area contributed by atoms with Gasteiger partial charge < -0.3 is 25.1 Å². The summed E-state index contributed by atoms with van der Waals surface area (Å²) < 4.78 is 17.5. The number of aliphatic hydroxyl groups is 1. The van der Waals surface area contributed by atoms with Gasteiger partial charge in [-0.05, 0) is 0 Å². The molecular weight excluding hydrogens is 346 g/mol. The highest BCUT2D eigenvalue weighted by molar-refractivity contribution is 5.81. The Labute approximate surface area is 148 Å². The normalized spacial score (nSPS) is 23.7. The van der Waals surface area contributed by atoms with E-state index >= 15 is 0 Å². The van der Waals surface area contributed by atoms with Crippen LogP contribution in [0.4, 0.5) is 5.82 Å². The van der Waals surface area contributed by atoms with Crippen molar-refractivity contribution in [3.8, 4) is 0 Å². The Kier molecular flexibility index (Phi) is 5.00. The summed E-state index contributed by atoms with van der Waals surface area (Å²) in [5.74, 6) is -0.840. The van der Waals surface area contributed by atoms with Crippen LogP contribution in [0.3, 0.4) is 0 Å². The summed E-state index contributed by atoms with van der Waals surface area (Å²) in [5, 5.41) is 10.4. The number of aromatic nitrogens is 4. The number of esters is 2. The Bertz CT molecular complexity index is 824. The van der Waals surface area contributed by atoms with E-state index in [2.05, 4.69) is 15.0 Å². The van der Waals surface area contributed by atoms with Crippen molar-refractivity contribution in [2.45, 2.75) is 44.8 Å². The number of ether oxygens (including phenoxy) is 3. The second-order valence-corrected chi connectivity index (χ2v) is 5.90. The van der Waals surface area contributed by atoms with E-state index in [1.54, 1.807) is 0 Å². The predicted molar refractivity (Wildman–Crippen MR) is 86.5 cm³/mol. The van der Waals surface area contributed by atoms with E-state index in [9.17, 15) is 14.7 Å². The molecule has 140 valence electrons. The topological polar surface area (TPSA) is 152 Å². The van der Waals surface area contributed by atoms with Crippen LogP contribution in [0.5, 0.6) is 0 Å². The molecule has 0 aromatic carbocycles. The van der Waals surface area contributed by atoms with Gasteiger partial charge in [0, 0.05) is 20.3 Å². The number of hydrogen-bond acceptors (Lipinski definition) is 10. The number of anilines is 1. The average molecular weight is 365 g/mol. The van der Waals surface area contributed by atoms with Gasteiger partial charge in [0.2, 0.25) is 0 Å². The molecule has 11 nitrogen and oxygen atoms in total. The van der Waals surface area contributed by atoms with Crippen LogP contribution in [-0.4, -0.2) is 61.5 Å². The molecule has 3 heterocycles. The molecule has 4 atom stereocenters. The van der Waals surface area contributed by atoms with Gasteiger partial charge in [-0.25, -0.2) is 15.0 Å². The van der Waals surface area contributed by atoms with Crippen molar-refractivity contribution < 1.29 is 28.9 Å². The number of nitrogens with two attached hydrogens (primary N) is 1. The van der Waals surface area contributed by atoms with Crippen LogP contribution in [0.1, 0.15) is 26.5 Å². The Balaban J connectivity index is 1.81. The Morgan fingerprint density at radius 3 is 2.85 bits per heavy atom. The van der Waals surface area contributed by atoms with Crippen molar-refractivity contribution in [3.05, 3.63) is 12.7 Å². The summed E-state index contributed by atoms with van der Waals surface area (Å²) in [6.45, 7) is 2.32. The number of imidazole rings is 1. The maximum Gasteiger partial charge on any atom is 0.303 e. The first-order valence-electron chi connectivity index (χ1n) is 7.94. The molecule has 1 fully saturated rings. The lowest BCUT2D eigenvalue weighted by Crippen LogP contribution is -2.35. The molecule has 0 amide bonds. The van der Waals surface area contributed by atoms with Crippen LogP contribution in [-0.2, 0) is 23.8 Å². The fraction of sp³-hybridized carbons (Fsp3) is 0.533. The van der Waals surface area contributed by atoms with Gasteiger partial charge in [0.25, 0.3) is 0 Å². The monoisotopic (exact) mass is 365 g/mol. The molecule has 1 aliphatic heterocycles. The van der Waals surface area contributed by atoms with Crippen LogP contribution in [0.25, 0.3) is 11.2 Å². The zero-order valence-electron chi connectivity index (χ0n) is 14.2. The summed E-state index contributed by atoms with van der Waals surface area (Å²) in [6.07, 6.45) is -0.334. The van der Waals surface area contributed by atoms with Crippen molar-refractivity contribution in [1.82, 2.24) is 19.5 Å². The number of carbonyl (C=O) groups excluding carboxylic acids is 2. The number of nitrogen functional groups attached to an aromatic ring is 1. The quantitative estimate of drug-likeness (QED) is 0.666. The third-order valence-corrected chi connectivity index (χ3v) is 3.96. The van der Waals surface area contributed by atoms with Crippen molar-refractivity contribution in [2.24, 2.45) is 0 Å². The predicted octanol–water partition coefficient (Wildman–Crippen LogP) is -0.448. The Morgan fingerprint density at radius 2 is 2.15 bits per heavy atom. The molecule has 0 unspecified atom stereocenters. The number of rotatable bonds is 5. The minimum absolute atomic E-state index is 0.168. The van der Waals surface area contributed by atoms with E-state index in [0.717, 1.165) is 0 Å². The minimum Gasteiger partial charge on any atom is -0.462 e. The summed E-state index contributed by atoms with van der Waals surface area (Å²) in [7, 11) is 0. The summed E-state index contributed by atoms with van der Waals surface area (Å²) in [4.78, 5) is 34.5. The second-order valence-electron chi connectivity index (χ2n) is 5.90. The second kappa shape index (κ2) is 7.22. The zero-order chi connectivity index (χ0) is 18.8. The maximum atomic E-state index is 11.3.